The minimum atomic E-state index is -0.414. The fraction of sp³-hybridized carbons (Fsp3) is 0. The summed E-state index contributed by atoms with van der Waals surface area (Å²) in [6, 6.07) is 5.36. The van der Waals surface area contributed by atoms with Gasteiger partial charge in [-0.2, -0.15) is 0 Å². The fourth-order valence-corrected chi connectivity index (χ4v) is 1.95. The Labute approximate surface area is 116 Å². The second kappa shape index (κ2) is 5.30. The number of hydrogen-bond acceptors (Lipinski definition) is 3. The highest BCUT2D eigenvalue weighted by molar-refractivity contribution is 14.1. The largest absolute Gasteiger partial charge is 0.506 e. The lowest BCUT2D eigenvalue weighted by atomic mass is 10.2. The van der Waals surface area contributed by atoms with Crippen molar-refractivity contribution in [2.75, 3.05) is 5.32 Å². The first kappa shape index (κ1) is 12.7. The molecule has 18 heavy (non-hydrogen) atoms. The van der Waals surface area contributed by atoms with Gasteiger partial charge in [0, 0.05) is 9.77 Å². The molecule has 0 fully saturated rings. The highest BCUT2D eigenvalue weighted by Gasteiger charge is 2.09. The number of hydrogen-bond donors (Lipinski definition) is 2. The highest BCUT2D eigenvalue weighted by atomic mass is 127. The van der Waals surface area contributed by atoms with Gasteiger partial charge in [0.15, 0.2) is 0 Å². The van der Waals surface area contributed by atoms with Crippen LogP contribution < -0.4 is 5.32 Å². The molecule has 0 radical (unpaired) electrons. The van der Waals surface area contributed by atoms with Crippen molar-refractivity contribution in [2.24, 2.45) is 0 Å². The predicted molar refractivity (Wildman–Crippen MR) is 73.0 cm³/mol. The topological polar surface area (TPSA) is 62.2 Å². The zero-order valence-electron chi connectivity index (χ0n) is 9.02. The maximum atomic E-state index is 12.9. The summed E-state index contributed by atoms with van der Waals surface area (Å²) < 4.78 is 13.5. The molecule has 0 aliphatic carbocycles. The fourth-order valence-electron chi connectivity index (χ4n) is 1.34. The lowest BCUT2D eigenvalue weighted by Crippen LogP contribution is -2.13. The number of carbonyl (C=O) groups excluding carboxylic acids is 1. The molecular weight excluding hydrogens is 350 g/mol. The van der Waals surface area contributed by atoms with E-state index < -0.39 is 5.91 Å². The summed E-state index contributed by atoms with van der Waals surface area (Å²) in [6.07, 6.45) is 2.57. The number of nitrogens with zero attached hydrogens (tertiary/aromatic N) is 1. The normalized spacial score (nSPS) is 10.1. The second-order valence-electron chi connectivity index (χ2n) is 3.51. The quantitative estimate of drug-likeness (QED) is 0.812. The Kier molecular flexibility index (Phi) is 3.75. The van der Waals surface area contributed by atoms with Crippen LogP contribution in [0.3, 0.4) is 0 Å². The van der Waals surface area contributed by atoms with E-state index in [1.54, 1.807) is 0 Å². The van der Waals surface area contributed by atoms with Crippen LogP contribution in [-0.2, 0) is 0 Å². The summed E-state index contributed by atoms with van der Waals surface area (Å²) in [6.45, 7) is 0. The second-order valence-corrected chi connectivity index (χ2v) is 4.67. The molecular formula is C12H8FIN2O2. The van der Waals surface area contributed by atoms with Crippen molar-refractivity contribution >= 4 is 34.2 Å². The zero-order chi connectivity index (χ0) is 13.1. The maximum Gasteiger partial charge on any atom is 0.257 e. The van der Waals surface area contributed by atoms with Crippen molar-refractivity contribution in [1.82, 2.24) is 4.98 Å². The van der Waals surface area contributed by atoms with E-state index in [-0.39, 0.29) is 17.1 Å². The van der Waals surface area contributed by atoms with Gasteiger partial charge in [0.25, 0.3) is 5.91 Å². The summed E-state index contributed by atoms with van der Waals surface area (Å²) in [5.41, 5.74) is 0.737. The molecule has 0 atom stereocenters. The molecule has 1 heterocycles. The van der Waals surface area contributed by atoms with Crippen LogP contribution in [0.25, 0.3) is 0 Å². The van der Waals surface area contributed by atoms with Crippen molar-refractivity contribution in [1.29, 1.82) is 0 Å². The van der Waals surface area contributed by atoms with Crippen molar-refractivity contribution in [2.45, 2.75) is 0 Å². The van der Waals surface area contributed by atoms with E-state index in [1.807, 2.05) is 22.6 Å². The Hall–Kier alpha value is -1.70. The number of aromatic nitrogens is 1. The maximum absolute atomic E-state index is 12.9. The molecule has 0 unspecified atom stereocenters. The van der Waals surface area contributed by atoms with E-state index >= 15 is 0 Å². The monoisotopic (exact) mass is 358 g/mol. The third kappa shape index (κ3) is 2.95. The molecule has 1 aromatic heterocycles. The molecule has 0 aliphatic rings. The molecule has 0 bridgehead atoms. The third-order valence-electron chi connectivity index (χ3n) is 2.17. The molecule has 2 N–H and O–H groups in total. The lowest BCUT2D eigenvalue weighted by Gasteiger charge is -2.07. The van der Waals surface area contributed by atoms with Gasteiger partial charge < -0.3 is 10.4 Å². The Morgan fingerprint density at radius 1 is 1.33 bits per heavy atom. The molecule has 2 aromatic rings. The third-order valence-corrected chi connectivity index (χ3v) is 3.06. The smallest absolute Gasteiger partial charge is 0.257 e. The Bertz CT molecular complexity index is 604. The number of rotatable bonds is 2. The Morgan fingerprint density at radius 3 is 2.78 bits per heavy atom. The first-order valence-corrected chi connectivity index (χ1v) is 6.04. The SMILES string of the molecule is O=C(Nc1ccc(F)cc1I)c1cncc(O)c1. The Balaban J connectivity index is 2.21. The summed E-state index contributed by atoms with van der Waals surface area (Å²) in [5.74, 6) is -0.865. The van der Waals surface area contributed by atoms with Crippen LogP contribution in [0.4, 0.5) is 10.1 Å². The molecule has 0 saturated heterocycles. The Morgan fingerprint density at radius 2 is 2.11 bits per heavy atom. The number of anilines is 1. The van der Waals surface area contributed by atoms with Gasteiger partial charge in [0.1, 0.15) is 11.6 Å². The van der Waals surface area contributed by atoms with Crippen LogP contribution in [0, 0.1) is 9.39 Å². The first-order valence-electron chi connectivity index (χ1n) is 4.96. The summed E-state index contributed by atoms with van der Waals surface area (Å²) in [7, 11) is 0. The van der Waals surface area contributed by atoms with Crippen LogP contribution in [0.1, 0.15) is 10.4 Å². The molecule has 1 amide bonds. The molecule has 4 nitrogen and oxygen atoms in total. The van der Waals surface area contributed by atoms with Crippen LogP contribution in [0.5, 0.6) is 5.75 Å². The van der Waals surface area contributed by atoms with Gasteiger partial charge in [-0.05, 0) is 46.9 Å². The van der Waals surface area contributed by atoms with Gasteiger partial charge in [-0.1, -0.05) is 0 Å². The number of benzene rings is 1. The molecule has 0 saturated carbocycles. The minimum Gasteiger partial charge on any atom is -0.506 e. The van der Waals surface area contributed by atoms with Gasteiger partial charge in [0.2, 0.25) is 0 Å². The van der Waals surface area contributed by atoms with Crippen LogP contribution >= 0.6 is 22.6 Å². The summed E-state index contributed by atoms with van der Waals surface area (Å²) in [5, 5.41) is 11.8. The van der Waals surface area contributed by atoms with Crippen molar-refractivity contribution < 1.29 is 14.3 Å². The number of carbonyl (C=O) groups is 1. The van der Waals surface area contributed by atoms with Crippen LogP contribution in [0.15, 0.2) is 36.7 Å². The van der Waals surface area contributed by atoms with E-state index in [2.05, 4.69) is 10.3 Å². The van der Waals surface area contributed by atoms with Crippen LogP contribution in [0.2, 0.25) is 0 Å². The summed E-state index contributed by atoms with van der Waals surface area (Å²) in [4.78, 5) is 15.6. The molecule has 2 rings (SSSR count). The van der Waals surface area contributed by atoms with Gasteiger partial charge >= 0.3 is 0 Å². The van der Waals surface area contributed by atoms with Crippen molar-refractivity contribution in [3.8, 4) is 5.75 Å². The van der Waals surface area contributed by atoms with Crippen molar-refractivity contribution in [3.05, 3.63) is 51.6 Å². The number of amides is 1. The lowest BCUT2D eigenvalue weighted by molar-refractivity contribution is 0.102. The molecule has 92 valence electrons. The van der Waals surface area contributed by atoms with Gasteiger partial charge in [-0.15, -0.1) is 0 Å². The average Bonchev–Trinajstić information content (AvgIpc) is 2.32. The first-order chi connectivity index (χ1) is 8.56. The van der Waals surface area contributed by atoms with E-state index in [0.29, 0.717) is 9.26 Å². The summed E-state index contributed by atoms with van der Waals surface area (Å²) >= 11 is 1.93. The van der Waals surface area contributed by atoms with Gasteiger partial charge in [-0.3, -0.25) is 9.78 Å². The van der Waals surface area contributed by atoms with Crippen LogP contribution in [-0.4, -0.2) is 16.0 Å². The standard InChI is InChI=1S/C12H8FIN2O2/c13-8-1-2-11(10(14)4-8)16-12(18)7-3-9(17)6-15-5-7/h1-6,17H,(H,16,18). The van der Waals surface area contributed by atoms with E-state index in [4.69, 9.17) is 0 Å². The molecule has 0 aliphatic heterocycles. The number of halogens is 2. The molecule has 0 spiro atoms. The number of aromatic hydroxyl groups is 1. The number of nitrogens with one attached hydrogen (secondary N) is 1. The zero-order valence-corrected chi connectivity index (χ0v) is 11.2. The predicted octanol–water partition coefficient (Wildman–Crippen LogP) is 2.78. The van der Waals surface area contributed by atoms with Crippen molar-refractivity contribution in [3.63, 3.8) is 0 Å². The van der Waals surface area contributed by atoms with Gasteiger partial charge in [0.05, 0.1) is 17.4 Å². The average molecular weight is 358 g/mol. The van der Waals surface area contributed by atoms with Gasteiger partial charge in [-0.25, -0.2) is 4.39 Å². The minimum absolute atomic E-state index is 0.0866. The van der Waals surface area contributed by atoms with E-state index in [1.165, 1.54) is 36.7 Å². The molecule has 6 heteroatoms. The van der Waals surface area contributed by atoms with E-state index in [0.717, 1.165) is 0 Å². The highest BCUT2D eigenvalue weighted by Crippen LogP contribution is 2.20. The number of pyridine rings is 1. The molecule has 1 aromatic carbocycles. The van der Waals surface area contributed by atoms with E-state index in [9.17, 15) is 14.3 Å².